The molecule has 72 valence electrons. The predicted molar refractivity (Wildman–Crippen MR) is 62.4 cm³/mol. The van der Waals surface area contributed by atoms with Crippen molar-refractivity contribution in [1.29, 1.82) is 0 Å². The van der Waals surface area contributed by atoms with Crippen LogP contribution in [0, 0.1) is 0 Å². The van der Waals surface area contributed by atoms with Crippen LogP contribution >= 0.6 is 15.9 Å². The van der Waals surface area contributed by atoms with Crippen molar-refractivity contribution < 1.29 is 5.11 Å². The summed E-state index contributed by atoms with van der Waals surface area (Å²) in [7, 11) is 0. The molecule has 0 spiro atoms. The van der Waals surface area contributed by atoms with Crippen molar-refractivity contribution in [3.8, 4) is 0 Å². The monoisotopic (exact) mass is 250 g/mol. The van der Waals surface area contributed by atoms with Gasteiger partial charge in [-0.05, 0) is 34.9 Å². The van der Waals surface area contributed by atoms with Crippen molar-refractivity contribution in [2.75, 3.05) is 6.61 Å². The Labute approximate surface area is 91.5 Å². The minimum Gasteiger partial charge on any atom is -0.396 e. The van der Waals surface area contributed by atoms with Gasteiger partial charge < -0.3 is 5.11 Å². The first-order valence-corrected chi connectivity index (χ1v) is 5.38. The Balaban J connectivity index is 2.50. The number of aliphatic hydroxyl groups is 1. The van der Waals surface area contributed by atoms with Crippen molar-refractivity contribution in [3.63, 3.8) is 0 Å². The molecule has 0 aromatic heterocycles. The van der Waals surface area contributed by atoms with Crippen LogP contribution in [0.1, 0.15) is 5.56 Å². The van der Waals surface area contributed by atoms with E-state index in [1.54, 1.807) is 0 Å². The van der Waals surface area contributed by atoms with E-state index in [-0.39, 0.29) is 6.61 Å². The number of halogens is 1. The van der Waals surface area contributed by atoms with Gasteiger partial charge in [0.15, 0.2) is 0 Å². The van der Waals surface area contributed by atoms with Gasteiger partial charge in [-0.1, -0.05) is 40.2 Å². The summed E-state index contributed by atoms with van der Waals surface area (Å²) in [5.74, 6) is 0. The third-order valence-electron chi connectivity index (χ3n) is 2.27. The molecule has 2 heteroatoms. The lowest BCUT2D eigenvalue weighted by atomic mass is 10.1. The van der Waals surface area contributed by atoms with Gasteiger partial charge in [0.2, 0.25) is 0 Å². The third kappa shape index (κ3) is 1.97. The van der Waals surface area contributed by atoms with Crippen LogP contribution in [0.3, 0.4) is 0 Å². The lowest BCUT2D eigenvalue weighted by Gasteiger charge is -2.02. The summed E-state index contributed by atoms with van der Waals surface area (Å²) in [6.07, 6.45) is 0.728. The first-order chi connectivity index (χ1) is 6.79. The van der Waals surface area contributed by atoms with Gasteiger partial charge in [0.25, 0.3) is 0 Å². The van der Waals surface area contributed by atoms with E-state index in [0.717, 1.165) is 10.9 Å². The van der Waals surface area contributed by atoms with Crippen molar-refractivity contribution in [1.82, 2.24) is 0 Å². The molecule has 0 amide bonds. The number of aliphatic hydroxyl groups excluding tert-OH is 1. The highest BCUT2D eigenvalue weighted by atomic mass is 79.9. The molecule has 0 atom stereocenters. The van der Waals surface area contributed by atoms with Crippen LogP contribution in [-0.2, 0) is 6.42 Å². The van der Waals surface area contributed by atoms with Gasteiger partial charge in [-0.3, -0.25) is 0 Å². The average Bonchev–Trinajstić information content (AvgIpc) is 2.19. The van der Waals surface area contributed by atoms with Crippen LogP contribution in [0.2, 0.25) is 0 Å². The van der Waals surface area contributed by atoms with Crippen LogP contribution in [0.25, 0.3) is 10.8 Å². The van der Waals surface area contributed by atoms with Gasteiger partial charge in [-0.2, -0.15) is 0 Å². The topological polar surface area (TPSA) is 20.2 Å². The Kier molecular flexibility index (Phi) is 2.85. The Morgan fingerprint density at radius 3 is 2.50 bits per heavy atom. The summed E-state index contributed by atoms with van der Waals surface area (Å²) in [4.78, 5) is 0. The minimum absolute atomic E-state index is 0.210. The number of rotatable bonds is 2. The fourth-order valence-corrected chi connectivity index (χ4v) is 1.93. The summed E-state index contributed by atoms with van der Waals surface area (Å²) in [5.41, 5.74) is 1.18. The summed E-state index contributed by atoms with van der Waals surface area (Å²) in [5, 5.41) is 11.3. The van der Waals surface area contributed by atoms with Gasteiger partial charge in [-0.25, -0.2) is 0 Å². The molecule has 0 bridgehead atoms. The van der Waals surface area contributed by atoms with E-state index < -0.39 is 0 Å². The normalized spacial score (nSPS) is 10.7. The summed E-state index contributed by atoms with van der Waals surface area (Å²) < 4.78 is 1.10. The van der Waals surface area contributed by atoms with E-state index in [1.165, 1.54) is 16.3 Å². The lowest BCUT2D eigenvalue weighted by molar-refractivity contribution is 0.299. The Bertz CT molecular complexity index is 451. The molecule has 0 fully saturated rings. The second kappa shape index (κ2) is 4.11. The van der Waals surface area contributed by atoms with Crippen LogP contribution in [0.4, 0.5) is 0 Å². The maximum absolute atomic E-state index is 8.83. The van der Waals surface area contributed by atoms with E-state index in [2.05, 4.69) is 46.3 Å². The molecule has 0 radical (unpaired) electrons. The number of fused-ring (bicyclic) bond motifs is 1. The predicted octanol–water partition coefficient (Wildman–Crippen LogP) is 3.14. The van der Waals surface area contributed by atoms with Gasteiger partial charge >= 0.3 is 0 Å². The first kappa shape index (κ1) is 9.69. The van der Waals surface area contributed by atoms with Crippen molar-refractivity contribution in [3.05, 3.63) is 46.4 Å². The van der Waals surface area contributed by atoms with E-state index in [1.807, 2.05) is 6.07 Å². The largest absolute Gasteiger partial charge is 0.396 e. The quantitative estimate of drug-likeness (QED) is 0.869. The third-order valence-corrected chi connectivity index (χ3v) is 2.76. The molecule has 2 aromatic carbocycles. The molecule has 0 aliphatic heterocycles. The van der Waals surface area contributed by atoms with Gasteiger partial charge in [-0.15, -0.1) is 0 Å². The lowest BCUT2D eigenvalue weighted by Crippen LogP contribution is -1.89. The SMILES string of the molecule is OCCc1ccc2cc(Br)ccc2c1. The maximum atomic E-state index is 8.83. The molecule has 2 rings (SSSR count). The Morgan fingerprint density at radius 2 is 1.71 bits per heavy atom. The highest BCUT2D eigenvalue weighted by Gasteiger charge is 1.96. The summed E-state index contributed by atoms with van der Waals surface area (Å²) in [6.45, 7) is 0.210. The molecule has 1 N–H and O–H groups in total. The fourth-order valence-electron chi connectivity index (χ4n) is 1.55. The Hall–Kier alpha value is -0.860. The molecule has 1 nitrogen and oxygen atoms in total. The van der Waals surface area contributed by atoms with E-state index in [0.29, 0.717) is 0 Å². The zero-order valence-corrected chi connectivity index (χ0v) is 9.29. The van der Waals surface area contributed by atoms with Crippen LogP contribution < -0.4 is 0 Å². The van der Waals surface area contributed by atoms with Gasteiger partial charge in [0.1, 0.15) is 0 Å². The maximum Gasteiger partial charge on any atom is 0.0471 e. The summed E-state index contributed by atoms with van der Waals surface area (Å²) in [6, 6.07) is 12.5. The molecule has 0 saturated carbocycles. The van der Waals surface area contributed by atoms with Gasteiger partial charge in [0, 0.05) is 11.1 Å². The van der Waals surface area contributed by atoms with Crippen LogP contribution in [0.5, 0.6) is 0 Å². The smallest absolute Gasteiger partial charge is 0.0471 e. The van der Waals surface area contributed by atoms with Crippen LogP contribution in [0.15, 0.2) is 40.9 Å². The highest BCUT2D eigenvalue weighted by molar-refractivity contribution is 9.10. The molecule has 0 saturated heterocycles. The second-order valence-electron chi connectivity index (χ2n) is 3.30. The van der Waals surface area contributed by atoms with Crippen molar-refractivity contribution in [2.24, 2.45) is 0 Å². The number of hydrogen-bond donors (Lipinski definition) is 1. The molecule has 0 unspecified atom stereocenters. The highest BCUT2D eigenvalue weighted by Crippen LogP contribution is 2.20. The first-order valence-electron chi connectivity index (χ1n) is 4.58. The fraction of sp³-hybridized carbons (Fsp3) is 0.167. The van der Waals surface area contributed by atoms with Crippen LogP contribution in [-0.4, -0.2) is 11.7 Å². The number of benzene rings is 2. The molecule has 0 aliphatic rings. The van der Waals surface area contributed by atoms with E-state index in [9.17, 15) is 0 Å². The van der Waals surface area contributed by atoms with Crippen molar-refractivity contribution >= 4 is 26.7 Å². The Morgan fingerprint density at radius 1 is 1.00 bits per heavy atom. The van der Waals surface area contributed by atoms with E-state index >= 15 is 0 Å². The molecule has 0 aliphatic carbocycles. The average molecular weight is 251 g/mol. The second-order valence-corrected chi connectivity index (χ2v) is 4.22. The molecular formula is C12H11BrO. The molecule has 0 heterocycles. The zero-order valence-electron chi connectivity index (χ0n) is 7.70. The zero-order chi connectivity index (χ0) is 9.97. The molecule has 14 heavy (non-hydrogen) atoms. The van der Waals surface area contributed by atoms with Gasteiger partial charge in [0.05, 0.1) is 0 Å². The molecular weight excluding hydrogens is 240 g/mol. The standard InChI is InChI=1S/C12H11BrO/c13-12-4-3-10-7-9(5-6-14)1-2-11(10)8-12/h1-4,7-8,14H,5-6H2. The van der Waals surface area contributed by atoms with Crippen molar-refractivity contribution in [2.45, 2.75) is 6.42 Å². The summed E-state index contributed by atoms with van der Waals surface area (Å²) >= 11 is 3.44. The molecule has 2 aromatic rings. The number of hydrogen-bond acceptors (Lipinski definition) is 1. The van der Waals surface area contributed by atoms with E-state index in [4.69, 9.17) is 5.11 Å². The minimum atomic E-state index is 0.210.